The van der Waals surface area contributed by atoms with Gasteiger partial charge in [-0.25, -0.2) is 4.39 Å². The molecule has 6 nitrogen and oxygen atoms in total. The number of thiophene rings is 1. The van der Waals surface area contributed by atoms with Gasteiger partial charge in [-0.3, -0.25) is 9.59 Å². The van der Waals surface area contributed by atoms with Crippen LogP contribution < -0.4 is 4.74 Å². The van der Waals surface area contributed by atoms with Gasteiger partial charge >= 0.3 is 0 Å². The second kappa shape index (κ2) is 12.0. The number of fused-ring (bicyclic) bond motifs is 1. The van der Waals surface area contributed by atoms with E-state index in [0.717, 1.165) is 12.0 Å². The summed E-state index contributed by atoms with van der Waals surface area (Å²) in [5, 5.41) is 2.03. The number of methoxy groups -OCH3 is 1. The van der Waals surface area contributed by atoms with E-state index in [9.17, 15) is 14.0 Å². The second-order valence-corrected chi connectivity index (χ2v) is 9.36. The van der Waals surface area contributed by atoms with Crippen LogP contribution in [0, 0.1) is 5.82 Å². The highest BCUT2D eigenvalue weighted by Gasteiger charge is 2.33. The fourth-order valence-corrected chi connectivity index (χ4v) is 5.18. The highest BCUT2D eigenvalue weighted by molar-refractivity contribution is 7.10. The highest BCUT2D eigenvalue weighted by atomic mass is 32.1. The summed E-state index contributed by atoms with van der Waals surface area (Å²) in [7, 11) is 1.62. The predicted octanol–water partition coefficient (Wildman–Crippen LogP) is 4.57. The first-order chi connectivity index (χ1) is 17.1. The van der Waals surface area contributed by atoms with Gasteiger partial charge in [0, 0.05) is 37.2 Å². The summed E-state index contributed by atoms with van der Waals surface area (Å²) in [4.78, 5) is 31.4. The number of halogens is 1. The van der Waals surface area contributed by atoms with Crippen LogP contribution in [0.5, 0.6) is 5.75 Å². The molecule has 8 heteroatoms. The van der Waals surface area contributed by atoms with E-state index < -0.39 is 0 Å². The molecule has 1 aromatic heterocycles. The maximum Gasteiger partial charge on any atom is 0.254 e. The third-order valence-corrected chi connectivity index (χ3v) is 7.04. The van der Waals surface area contributed by atoms with Crippen molar-refractivity contribution in [2.24, 2.45) is 0 Å². The van der Waals surface area contributed by atoms with Crippen molar-refractivity contribution >= 4 is 23.2 Å². The smallest absolute Gasteiger partial charge is 0.254 e. The Balaban J connectivity index is 1.51. The molecule has 1 aliphatic rings. The number of ether oxygens (including phenoxy) is 2. The maximum atomic E-state index is 13.6. The van der Waals surface area contributed by atoms with Gasteiger partial charge in [0.05, 0.1) is 6.04 Å². The lowest BCUT2D eigenvalue weighted by Crippen LogP contribution is -2.48. The van der Waals surface area contributed by atoms with Crippen LogP contribution in [-0.2, 0) is 16.0 Å². The molecule has 184 valence electrons. The SMILES string of the molecule is COCCCN(CC(=O)N1CCc2sccc2[C@H]1COc1ccc(F)cc1)C(=O)c1ccccc1. The molecule has 1 atom stereocenters. The van der Waals surface area contributed by atoms with Gasteiger partial charge in [-0.2, -0.15) is 0 Å². The Morgan fingerprint density at radius 3 is 2.63 bits per heavy atom. The number of amides is 2. The van der Waals surface area contributed by atoms with E-state index in [1.165, 1.54) is 17.0 Å². The standard InChI is InChI=1S/C27H29FN2O4S/c1-33-16-5-14-29(27(32)20-6-3-2-4-7-20)18-26(31)30-15-12-25-23(13-17-35-25)24(30)19-34-22-10-8-21(28)9-11-22/h2-4,6-11,13,17,24H,5,12,14-16,18-19H2,1H3/t24-/m1/s1. The molecular formula is C27H29FN2O4S. The molecule has 0 radical (unpaired) electrons. The molecular weight excluding hydrogens is 467 g/mol. The molecule has 0 bridgehead atoms. The minimum absolute atomic E-state index is 0.0238. The third-order valence-electron chi connectivity index (χ3n) is 6.05. The van der Waals surface area contributed by atoms with Crippen molar-refractivity contribution < 1.29 is 23.5 Å². The average Bonchev–Trinajstić information content (AvgIpc) is 3.37. The Bertz CT molecular complexity index is 1120. The van der Waals surface area contributed by atoms with Gasteiger partial charge in [0.25, 0.3) is 5.91 Å². The summed E-state index contributed by atoms with van der Waals surface area (Å²) in [6.45, 7) is 1.70. The fraction of sp³-hybridized carbons (Fsp3) is 0.333. The van der Waals surface area contributed by atoms with Gasteiger partial charge in [-0.05, 0) is 66.2 Å². The van der Waals surface area contributed by atoms with Crippen LogP contribution >= 0.6 is 11.3 Å². The molecule has 0 unspecified atom stereocenters. The van der Waals surface area contributed by atoms with E-state index in [0.29, 0.717) is 37.4 Å². The Kier molecular flexibility index (Phi) is 8.50. The zero-order valence-electron chi connectivity index (χ0n) is 19.7. The molecule has 0 spiro atoms. The van der Waals surface area contributed by atoms with Crippen molar-refractivity contribution in [2.45, 2.75) is 18.9 Å². The van der Waals surface area contributed by atoms with Crippen molar-refractivity contribution in [1.82, 2.24) is 9.80 Å². The minimum Gasteiger partial charge on any atom is -0.491 e. The lowest BCUT2D eigenvalue weighted by atomic mass is 10.0. The first kappa shape index (κ1) is 24.9. The van der Waals surface area contributed by atoms with E-state index in [1.807, 2.05) is 29.6 Å². The van der Waals surface area contributed by atoms with Gasteiger partial charge in [0.1, 0.15) is 24.7 Å². The number of benzene rings is 2. The summed E-state index contributed by atoms with van der Waals surface area (Å²) >= 11 is 1.67. The van der Waals surface area contributed by atoms with Gasteiger partial charge < -0.3 is 19.3 Å². The highest BCUT2D eigenvalue weighted by Crippen LogP contribution is 2.34. The first-order valence-electron chi connectivity index (χ1n) is 11.6. The number of carbonyl (C=O) groups is 2. The molecule has 3 aromatic rings. The third kappa shape index (κ3) is 6.26. The van der Waals surface area contributed by atoms with Crippen molar-refractivity contribution in [3.63, 3.8) is 0 Å². The molecule has 0 saturated heterocycles. The van der Waals surface area contributed by atoms with Crippen LogP contribution in [0.15, 0.2) is 66.0 Å². The van der Waals surface area contributed by atoms with E-state index in [1.54, 1.807) is 52.5 Å². The van der Waals surface area contributed by atoms with Gasteiger partial charge in [0.2, 0.25) is 5.91 Å². The largest absolute Gasteiger partial charge is 0.491 e. The van der Waals surface area contributed by atoms with Gasteiger partial charge in [-0.15, -0.1) is 11.3 Å². The van der Waals surface area contributed by atoms with Crippen molar-refractivity contribution in [2.75, 3.05) is 40.0 Å². The second-order valence-electron chi connectivity index (χ2n) is 8.36. The van der Waals surface area contributed by atoms with Crippen molar-refractivity contribution in [3.05, 3.63) is 87.9 Å². The number of nitrogens with zero attached hydrogens (tertiary/aromatic N) is 2. The zero-order valence-corrected chi connectivity index (χ0v) is 20.5. The van der Waals surface area contributed by atoms with Crippen molar-refractivity contribution in [1.29, 1.82) is 0 Å². The molecule has 35 heavy (non-hydrogen) atoms. The molecule has 0 aliphatic carbocycles. The summed E-state index contributed by atoms with van der Waals surface area (Å²) in [6, 6.07) is 16.6. The maximum absolute atomic E-state index is 13.6. The number of rotatable bonds is 10. The average molecular weight is 497 g/mol. The van der Waals surface area contributed by atoms with Gasteiger partial charge in [0.15, 0.2) is 0 Å². The number of carbonyl (C=O) groups excluding carboxylic acids is 2. The number of hydrogen-bond acceptors (Lipinski definition) is 5. The molecule has 1 aliphatic heterocycles. The summed E-state index contributed by atoms with van der Waals surface area (Å²) in [5.74, 6) is -0.0937. The first-order valence-corrected chi connectivity index (χ1v) is 12.5. The van der Waals surface area contributed by atoms with Crippen LogP contribution in [-0.4, -0.2) is 61.6 Å². The van der Waals surface area contributed by atoms with E-state index in [2.05, 4.69) is 0 Å². The lowest BCUT2D eigenvalue weighted by molar-refractivity contribution is -0.135. The molecule has 0 saturated carbocycles. The van der Waals surface area contributed by atoms with Gasteiger partial charge in [-0.1, -0.05) is 18.2 Å². The normalized spacial score (nSPS) is 14.9. The van der Waals surface area contributed by atoms with Crippen LogP contribution in [0.1, 0.15) is 33.3 Å². The molecule has 0 fully saturated rings. The Morgan fingerprint density at radius 1 is 1.11 bits per heavy atom. The van der Waals surface area contributed by atoms with E-state index >= 15 is 0 Å². The summed E-state index contributed by atoms with van der Waals surface area (Å²) in [5.41, 5.74) is 1.62. The fourth-order valence-electron chi connectivity index (χ4n) is 4.25. The van der Waals surface area contributed by atoms with Crippen LogP contribution in [0.25, 0.3) is 0 Å². The zero-order chi connectivity index (χ0) is 24.6. The molecule has 0 N–H and O–H groups in total. The quantitative estimate of drug-likeness (QED) is 0.386. The minimum atomic E-state index is -0.330. The number of hydrogen-bond donors (Lipinski definition) is 0. The Labute approximate surface area is 208 Å². The molecule has 2 amide bonds. The lowest BCUT2D eigenvalue weighted by Gasteiger charge is -2.37. The van der Waals surface area contributed by atoms with Crippen LogP contribution in [0.2, 0.25) is 0 Å². The Hall–Kier alpha value is -3.23. The van der Waals surface area contributed by atoms with Crippen LogP contribution in [0.3, 0.4) is 0 Å². The Morgan fingerprint density at radius 2 is 1.89 bits per heavy atom. The van der Waals surface area contributed by atoms with E-state index in [4.69, 9.17) is 9.47 Å². The topological polar surface area (TPSA) is 59.1 Å². The molecule has 4 rings (SSSR count). The van der Waals surface area contributed by atoms with Crippen molar-refractivity contribution in [3.8, 4) is 5.75 Å². The van der Waals surface area contributed by atoms with Crippen LogP contribution in [0.4, 0.5) is 4.39 Å². The molecule has 2 aromatic carbocycles. The summed E-state index contributed by atoms with van der Waals surface area (Å²) < 4.78 is 24.4. The monoisotopic (exact) mass is 496 g/mol. The molecule has 2 heterocycles. The summed E-state index contributed by atoms with van der Waals surface area (Å²) in [6.07, 6.45) is 1.40. The van der Waals surface area contributed by atoms with E-state index in [-0.39, 0.29) is 36.8 Å². The predicted molar refractivity (Wildman–Crippen MR) is 133 cm³/mol.